The van der Waals surface area contributed by atoms with Gasteiger partial charge >= 0.3 is 0 Å². The quantitative estimate of drug-likeness (QED) is 0.322. The van der Waals surface area contributed by atoms with Crippen molar-refractivity contribution in [1.29, 1.82) is 0 Å². The lowest BCUT2D eigenvalue weighted by Gasteiger charge is -2.32. The van der Waals surface area contributed by atoms with E-state index < -0.39 is 0 Å². The minimum absolute atomic E-state index is 0.187. The van der Waals surface area contributed by atoms with Gasteiger partial charge in [0.2, 0.25) is 5.95 Å². The zero-order valence-corrected chi connectivity index (χ0v) is 21.7. The van der Waals surface area contributed by atoms with Gasteiger partial charge in [0.25, 0.3) is 0 Å². The molecular weight excluding hydrogens is 442 g/mol. The molecule has 0 aliphatic rings. The van der Waals surface area contributed by atoms with E-state index in [0.717, 1.165) is 59.3 Å². The number of carbonyl (C=O) groups is 1. The molecular formula is C27H37N5O3. The number of Topliss-reactive ketones (excluding diaryl/α,β-unsaturated/α-hetero) is 1. The molecule has 2 aromatic heterocycles. The second-order valence-electron chi connectivity index (χ2n) is 9.24. The number of pyridine rings is 1. The zero-order chi connectivity index (χ0) is 25.4. The summed E-state index contributed by atoms with van der Waals surface area (Å²) < 4.78 is 10.8. The van der Waals surface area contributed by atoms with Gasteiger partial charge in [-0.05, 0) is 57.4 Å². The lowest BCUT2D eigenvalue weighted by Crippen LogP contribution is -2.36. The molecule has 0 fully saturated rings. The number of benzene rings is 1. The number of unbranched alkanes of at least 4 members (excludes halogenated alkanes) is 1. The van der Waals surface area contributed by atoms with Gasteiger partial charge in [-0.15, -0.1) is 0 Å². The van der Waals surface area contributed by atoms with E-state index in [1.165, 1.54) is 0 Å². The summed E-state index contributed by atoms with van der Waals surface area (Å²) in [5, 5.41) is 6.99. The van der Waals surface area contributed by atoms with Crippen molar-refractivity contribution in [2.75, 3.05) is 24.9 Å². The van der Waals surface area contributed by atoms with Crippen LogP contribution in [0.5, 0.6) is 11.5 Å². The molecule has 35 heavy (non-hydrogen) atoms. The fourth-order valence-corrected chi connectivity index (χ4v) is 4.05. The lowest BCUT2D eigenvalue weighted by atomic mass is 9.89. The van der Waals surface area contributed by atoms with Crippen LogP contribution in [0.2, 0.25) is 0 Å². The van der Waals surface area contributed by atoms with E-state index in [1.807, 2.05) is 31.2 Å². The summed E-state index contributed by atoms with van der Waals surface area (Å²) in [6.45, 7) is 8.47. The van der Waals surface area contributed by atoms with Gasteiger partial charge in [0.15, 0.2) is 5.82 Å². The number of nitrogens with one attached hydrogen (secondary N) is 2. The first-order chi connectivity index (χ1) is 16.8. The number of nitrogens with zero attached hydrogens (tertiary/aromatic N) is 3. The molecule has 2 N–H and O–H groups in total. The van der Waals surface area contributed by atoms with Gasteiger partial charge in [0, 0.05) is 36.3 Å². The molecule has 0 bridgehead atoms. The average Bonchev–Trinajstić information content (AvgIpc) is 2.85. The van der Waals surface area contributed by atoms with Crippen LogP contribution in [-0.4, -0.2) is 40.5 Å². The van der Waals surface area contributed by atoms with Gasteiger partial charge in [0.05, 0.1) is 19.7 Å². The van der Waals surface area contributed by atoms with Crippen LogP contribution in [0.3, 0.4) is 0 Å². The zero-order valence-electron chi connectivity index (χ0n) is 21.7. The predicted octanol–water partition coefficient (Wildman–Crippen LogP) is 5.69. The Morgan fingerprint density at radius 3 is 2.57 bits per heavy atom. The van der Waals surface area contributed by atoms with Gasteiger partial charge in [-0.3, -0.25) is 4.98 Å². The molecule has 1 aromatic carbocycles. The predicted molar refractivity (Wildman–Crippen MR) is 140 cm³/mol. The fraction of sp³-hybridized carbons (Fsp3) is 0.481. The molecule has 3 aromatic rings. The van der Waals surface area contributed by atoms with E-state index in [9.17, 15) is 4.79 Å². The number of rotatable bonds is 13. The number of anilines is 2. The van der Waals surface area contributed by atoms with Crippen LogP contribution in [-0.2, 0) is 11.3 Å². The highest BCUT2D eigenvalue weighted by molar-refractivity contribution is 5.88. The van der Waals surface area contributed by atoms with Crippen molar-refractivity contribution in [2.45, 2.75) is 71.9 Å². The molecule has 8 heteroatoms. The summed E-state index contributed by atoms with van der Waals surface area (Å²) >= 11 is 0. The summed E-state index contributed by atoms with van der Waals surface area (Å²) in [4.78, 5) is 25.9. The van der Waals surface area contributed by atoms with Crippen LogP contribution in [0.4, 0.5) is 11.8 Å². The Morgan fingerprint density at radius 2 is 1.89 bits per heavy atom. The Bertz CT molecular complexity index is 1170. The normalized spacial score (nSPS) is 12.7. The third kappa shape index (κ3) is 6.81. The van der Waals surface area contributed by atoms with Crippen molar-refractivity contribution in [3.8, 4) is 11.5 Å². The Balaban J connectivity index is 1.95. The molecule has 188 valence electrons. The number of hydrogen-bond donors (Lipinski definition) is 2. The van der Waals surface area contributed by atoms with Crippen molar-refractivity contribution >= 4 is 28.6 Å². The smallest absolute Gasteiger partial charge is 0.225 e. The number of aromatic nitrogens is 3. The van der Waals surface area contributed by atoms with E-state index in [1.54, 1.807) is 27.3 Å². The first-order valence-electron chi connectivity index (χ1n) is 12.1. The van der Waals surface area contributed by atoms with Crippen LogP contribution < -0.4 is 20.1 Å². The molecule has 2 heterocycles. The van der Waals surface area contributed by atoms with Gasteiger partial charge < -0.3 is 24.9 Å². The van der Waals surface area contributed by atoms with Gasteiger partial charge in [-0.2, -0.15) is 4.98 Å². The van der Waals surface area contributed by atoms with E-state index >= 15 is 0 Å². The van der Waals surface area contributed by atoms with Gasteiger partial charge in [0.1, 0.15) is 22.8 Å². The van der Waals surface area contributed by atoms with E-state index in [2.05, 4.69) is 29.5 Å². The first kappa shape index (κ1) is 26.2. The SMILES string of the molecule is CCCC[C@](C)(CCC(C)=O)Nc1nc(NCc2ccc(OC)cc2OC)nc2c(C)ccnc12. The molecule has 0 unspecified atom stereocenters. The van der Waals surface area contributed by atoms with Crippen molar-refractivity contribution in [3.63, 3.8) is 0 Å². The minimum Gasteiger partial charge on any atom is -0.497 e. The topological polar surface area (TPSA) is 98.3 Å². The molecule has 0 saturated heterocycles. The Labute approximate surface area is 207 Å². The summed E-state index contributed by atoms with van der Waals surface area (Å²) in [7, 11) is 3.27. The first-order valence-corrected chi connectivity index (χ1v) is 12.1. The number of hydrogen-bond acceptors (Lipinski definition) is 8. The third-order valence-electron chi connectivity index (χ3n) is 6.25. The van der Waals surface area contributed by atoms with Crippen molar-refractivity contribution < 1.29 is 14.3 Å². The number of ether oxygens (including phenoxy) is 2. The monoisotopic (exact) mass is 479 g/mol. The Hall–Kier alpha value is -3.42. The van der Waals surface area contributed by atoms with E-state index in [0.29, 0.717) is 24.7 Å². The van der Waals surface area contributed by atoms with Crippen LogP contribution in [0.25, 0.3) is 11.0 Å². The van der Waals surface area contributed by atoms with Crippen LogP contribution >= 0.6 is 0 Å². The summed E-state index contributed by atoms with van der Waals surface area (Å²) in [5.41, 5.74) is 3.21. The lowest BCUT2D eigenvalue weighted by molar-refractivity contribution is -0.117. The second-order valence-corrected chi connectivity index (χ2v) is 9.24. The average molecular weight is 480 g/mol. The summed E-state index contributed by atoms with van der Waals surface area (Å²) in [6, 6.07) is 7.66. The number of ketones is 1. The van der Waals surface area contributed by atoms with Crippen molar-refractivity contribution in [3.05, 3.63) is 41.6 Å². The molecule has 0 radical (unpaired) electrons. The summed E-state index contributed by atoms with van der Waals surface area (Å²) in [6.07, 6.45) is 6.09. The van der Waals surface area contributed by atoms with Crippen LogP contribution in [0.1, 0.15) is 64.0 Å². The van der Waals surface area contributed by atoms with Gasteiger partial charge in [-0.1, -0.05) is 19.8 Å². The Kier molecular flexibility index (Phi) is 8.84. The number of methoxy groups -OCH3 is 2. The molecule has 1 atom stereocenters. The number of carbonyl (C=O) groups excluding carboxylic acids is 1. The molecule has 0 saturated carbocycles. The minimum atomic E-state index is -0.287. The number of aryl methyl sites for hydroxylation is 1. The molecule has 8 nitrogen and oxygen atoms in total. The maximum Gasteiger partial charge on any atom is 0.225 e. The van der Waals surface area contributed by atoms with Crippen molar-refractivity contribution in [1.82, 2.24) is 15.0 Å². The Morgan fingerprint density at radius 1 is 1.09 bits per heavy atom. The van der Waals surface area contributed by atoms with E-state index in [4.69, 9.17) is 19.4 Å². The molecule has 3 rings (SSSR count). The maximum atomic E-state index is 11.7. The maximum absolute atomic E-state index is 11.7. The standard InChI is InChI=1S/C27H37N5O3/c1-7-8-13-27(4,14-11-19(3)33)32-25-24-23(18(2)12-15-28-24)30-26(31-25)29-17-20-9-10-21(34-5)16-22(20)35-6/h9-10,12,15-16H,7-8,11,13-14,17H2,1-6H3,(H2,29,30,31,32)/t27-/m1/s1. The van der Waals surface area contributed by atoms with Gasteiger partial charge in [-0.25, -0.2) is 4.98 Å². The second kappa shape index (κ2) is 11.8. The van der Waals surface area contributed by atoms with Crippen LogP contribution in [0.15, 0.2) is 30.5 Å². The van der Waals surface area contributed by atoms with Crippen molar-refractivity contribution in [2.24, 2.45) is 0 Å². The number of fused-ring (bicyclic) bond motifs is 1. The largest absolute Gasteiger partial charge is 0.497 e. The highest BCUT2D eigenvalue weighted by Gasteiger charge is 2.26. The molecule has 0 spiro atoms. The fourth-order valence-electron chi connectivity index (χ4n) is 4.05. The molecule has 0 aliphatic carbocycles. The molecule has 0 amide bonds. The highest BCUT2D eigenvalue weighted by Crippen LogP contribution is 2.30. The third-order valence-corrected chi connectivity index (χ3v) is 6.25. The highest BCUT2D eigenvalue weighted by atomic mass is 16.5. The van der Waals surface area contributed by atoms with E-state index in [-0.39, 0.29) is 11.3 Å². The molecule has 0 aliphatic heterocycles. The summed E-state index contributed by atoms with van der Waals surface area (Å²) in [5.74, 6) is 2.82. The van der Waals surface area contributed by atoms with Crippen LogP contribution in [0, 0.1) is 6.92 Å².